The monoisotopic (exact) mass is 322 g/mol. The minimum absolute atomic E-state index is 0.104. The number of anilines is 1. The van der Waals surface area contributed by atoms with Crippen molar-refractivity contribution >= 4 is 11.6 Å². The number of hydrogen-bond donors (Lipinski definition) is 1. The van der Waals surface area contributed by atoms with Gasteiger partial charge in [-0.25, -0.2) is 0 Å². The maximum Gasteiger partial charge on any atom is 0.239 e. The summed E-state index contributed by atoms with van der Waals surface area (Å²) in [6.07, 6.45) is 3.08. The number of carbonyl (C=O) groups is 1. The number of aryl methyl sites for hydroxylation is 2. The van der Waals surface area contributed by atoms with E-state index in [9.17, 15) is 4.79 Å². The first-order valence-electron chi connectivity index (χ1n) is 8.81. The van der Waals surface area contributed by atoms with Gasteiger partial charge in [0.05, 0.1) is 6.54 Å². The van der Waals surface area contributed by atoms with Crippen molar-refractivity contribution in [2.45, 2.75) is 39.2 Å². The molecule has 0 aromatic heterocycles. The van der Waals surface area contributed by atoms with Crippen LogP contribution in [0.25, 0.3) is 0 Å². The highest BCUT2D eigenvalue weighted by Crippen LogP contribution is 2.29. The van der Waals surface area contributed by atoms with Crippen molar-refractivity contribution in [3.8, 4) is 0 Å². The third kappa shape index (κ3) is 3.78. The fraction of sp³-hybridized carbons (Fsp3) is 0.381. The molecule has 3 rings (SSSR count). The molecule has 1 aliphatic rings. The highest BCUT2D eigenvalue weighted by Gasteiger charge is 2.24. The van der Waals surface area contributed by atoms with E-state index in [2.05, 4.69) is 66.5 Å². The molecule has 2 aromatic carbocycles. The summed E-state index contributed by atoms with van der Waals surface area (Å²) in [5.74, 6) is 0.104. The molecule has 3 nitrogen and oxygen atoms in total. The molecule has 126 valence electrons. The summed E-state index contributed by atoms with van der Waals surface area (Å²) in [5, 5.41) is 3.08. The number of carbonyl (C=O) groups excluding carboxylic acids is 1. The number of amides is 1. The van der Waals surface area contributed by atoms with Crippen molar-refractivity contribution in [2.75, 3.05) is 18.0 Å². The Bertz CT molecular complexity index is 710. The lowest BCUT2D eigenvalue weighted by atomic mass is 9.96. The first kappa shape index (κ1) is 16.6. The second-order valence-electron chi connectivity index (χ2n) is 6.67. The maximum atomic E-state index is 12.4. The van der Waals surface area contributed by atoms with E-state index in [0.29, 0.717) is 19.1 Å². The van der Waals surface area contributed by atoms with E-state index in [4.69, 9.17) is 0 Å². The molecule has 0 aliphatic carbocycles. The summed E-state index contributed by atoms with van der Waals surface area (Å²) in [5.41, 5.74) is 5.15. The fourth-order valence-electron chi connectivity index (χ4n) is 3.44. The van der Waals surface area contributed by atoms with Crippen LogP contribution in [-0.4, -0.2) is 25.0 Å². The van der Waals surface area contributed by atoms with Gasteiger partial charge in [-0.2, -0.15) is 0 Å². The van der Waals surface area contributed by atoms with E-state index >= 15 is 0 Å². The number of para-hydroxylation sites is 1. The molecule has 1 heterocycles. The number of nitrogens with one attached hydrogen (secondary N) is 1. The molecule has 0 saturated carbocycles. The standard InChI is InChI=1S/C21H26N2O/c1-16-7-3-4-8-18(16)13-14-22-21(24)15-23-17(2)11-12-19-9-5-6-10-20(19)23/h3-10,17H,11-15H2,1-2H3,(H,22,24)/t17-/m0/s1. The second-order valence-corrected chi connectivity index (χ2v) is 6.67. The maximum absolute atomic E-state index is 12.4. The van der Waals surface area contributed by atoms with Gasteiger partial charge in [-0.15, -0.1) is 0 Å². The van der Waals surface area contributed by atoms with Gasteiger partial charge >= 0.3 is 0 Å². The van der Waals surface area contributed by atoms with E-state index in [1.807, 2.05) is 6.07 Å². The summed E-state index contributed by atoms with van der Waals surface area (Å²) in [6, 6.07) is 17.2. The van der Waals surface area contributed by atoms with Crippen LogP contribution in [0.15, 0.2) is 48.5 Å². The topological polar surface area (TPSA) is 32.3 Å². The van der Waals surface area contributed by atoms with Gasteiger partial charge in [0.1, 0.15) is 0 Å². The quantitative estimate of drug-likeness (QED) is 0.914. The second kappa shape index (κ2) is 7.52. The van der Waals surface area contributed by atoms with Gasteiger partial charge < -0.3 is 10.2 Å². The Hall–Kier alpha value is -2.29. The van der Waals surface area contributed by atoms with Crippen molar-refractivity contribution in [1.29, 1.82) is 0 Å². The van der Waals surface area contributed by atoms with E-state index in [-0.39, 0.29) is 5.91 Å². The number of nitrogens with zero attached hydrogens (tertiary/aromatic N) is 1. The first-order chi connectivity index (χ1) is 11.6. The van der Waals surface area contributed by atoms with Gasteiger partial charge in [0.25, 0.3) is 0 Å². The van der Waals surface area contributed by atoms with Crippen LogP contribution < -0.4 is 10.2 Å². The SMILES string of the molecule is Cc1ccccc1CCNC(=O)CN1c2ccccc2CC[C@@H]1C. The largest absolute Gasteiger partial charge is 0.359 e. The Morgan fingerprint density at radius 3 is 2.75 bits per heavy atom. The smallest absolute Gasteiger partial charge is 0.239 e. The van der Waals surface area contributed by atoms with E-state index < -0.39 is 0 Å². The van der Waals surface area contributed by atoms with Crippen LogP contribution in [0.1, 0.15) is 30.0 Å². The lowest BCUT2D eigenvalue weighted by molar-refractivity contribution is -0.119. The highest BCUT2D eigenvalue weighted by atomic mass is 16.2. The third-order valence-corrected chi connectivity index (χ3v) is 4.96. The van der Waals surface area contributed by atoms with Crippen molar-refractivity contribution in [3.63, 3.8) is 0 Å². The predicted octanol–water partition coefficient (Wildman–Crippen LogP) is 3.50. The average Bonchev–Trinajstić information content (AvgIpc) is 2.59. The summed E-state index contributed by atoms with van der Waals surface area (Å²) < 4.78 is 0. The molecule has 1 N–H and O–H groups in total. The molecule has 3 heteroatoms. The van der Waals surface area contributed by atoms with Crippen molar-refractivity contribution in [2.24, 2.45) is 0 Å². The zero-order valence-electron chi connectivity index (χ0n) is 14.6. The van der Waals surface area contributed by atoms with Crippen LogP contribution in [0.2, 0.25) is 0 Å². The lowest BCUT2D eigenvalue weighted by Crippen LogP contribution is -2.44. The van der Waals surface area contributed by atoms with Crippen molar-refractivity contribution in [3.05, 3.63) is 65.2 Å². The van der Waals surface area contributed by atoms with E-state index in [0.717, 1.165) is 19.3 Å². The first-order valence-corrected chi connectivity index (χ1v) is 8.81. The lowest BCUT2D eigenvalue weighted by Gasteiger charge is -2.36. The van der Waals surface area contributed by atoms with Crippen molar-refractivity contribution in [1.82, 2.24) is 5.32 Å². The van der Waals surface area contributed by atoms with Gasteiger partial charge in [-0.3, -0.25) is 4.79 Å². The molecular weight excluding hydrogens is 296 g/mol. The van der Waals surface area contributed by atoms with E-state index in [1.165, 1.54) is 22.4 Å². The van der Waals surface area contributed by atoms with E-state index in [1.54, 1.807) is 0 Å². The summed E-state index contributed by atoms with van der Waals surface area (Å²) in [7, 11) is 0. The van der Waals surface area contributed by atoms with Crippen LogP contribution in [-0.2, 0) is 17.6 Å². The molecule has 0 unspecified atom stereocenters. The number of benzene rings is 2. The molecule has 0 radical (unpaired) electrons. The Morgan fingerprint density at radius 2 is 1.92 bits per heavy atom. The Kier molecular flexibility index (Phi) is 5.19. The molecule has 0 bridgehead atoms. The summed E-state index contributed by atoms with van der Waals surface area (Å²) in [6.45, 7) is 5.44. The molecule has 24 heavy (non-hydrogen) atoms. The zero-order valence-corrected chi connectivity index (χ0v) is 14.6. The van der Waals surface area contributed by atoms with Crippen LogP contribution in [0.5, 0.6) is 0 Å². The zero-order chi connectivity index (χ0) is 16.9. The number of rotatable bonds is 5. The van der Waals surface area contributed by atoms with Gasteiger partial charge in [-0.05, 0) is 55.9 Å². The molecule has 1 atom stereocenters. The van der Waals surface area contributed by atoms with Gasteiger partial charge in [0, 0.05) is 18.3 Å². The average molecular weight is 322 g/mol. The van der Waals surface area contributed by atoms with Gasteiger partial charge in [-0.1, -0.05) is 42.5 Å². The van der Waals surface area contributed by atoms with Crippen LogP contribution >= 0.6 is 0 Å². The van der Waals surface area contributed by atoms with Crippen LogP contribution in [0.4, 0.5) is 5.69 Å². The van der Waals surface area contributed by atoms with Gasteiger partial charge in [0.2, 0.25) is 5.91 Å². The van der Waals surface area contributed by atoms with Gasteiger partial charge in [0.15, 0.2) is 0 Å². The molecule has 2 aromatic rings. The molecule has 1 aliphatic heterocycles. The predicted molar refractivity (Wildman–Crippen MR) is 99.5 cm³/mol. The minimum atomic E-state index is 0.104. The normalized spacial score (nSPS) is 16.6. The summed E-state index contributed by atoms with van der Waals surface area (Å²) >= 11 is 0. The third-order valence-electron chi connectivity index (χ3n) is 4.96. The highest BCUT2D eigenvalue weighted by molar-refractivity contribution is 5.82. The molecule has 1 amide bonds. The van der Waals surface area contributed by atoms with Crippen LogP contribution in [0, 0.1) is 6.92 Å². The fourth-order valence-corrected chi connectivity index (χ4v) is 3.44. The molecule has 0 fully saturated rings. The van der Waals surface area contributed by atoms with Crippen LogP contribution in [0.3, 0.4) is 0 Å². The Balaban J connectivity index is 1.56. The molecule has 0 saturated heterocycles. The van der Waals surface area contributed by atoms with Crippen molar-refractivity contribution < 1.29 is 4.79 Å². The Morgan fingerprint density at radius 1 is 1.17 bits per heavy atom. The minimum Gasteiger partial charge on any atom is -0.359 e. The molecule has 0 spiro atoms. The number of fused-ring (bicyclic) bond motifs is 1. The summed E-state index contributed by atoms with van der Waals surface area (Å²) in [4.78, 5) is 14.6. The molecular formula is C21H26N2O. The number of hydrogen-bond acceptors (Lipinski definition) is 2. The Labute approximate surface area is 144 Å².